The Morgan fingerprint density at radius 3 is 2.76 bits per heavy atom. The molecule has 0 spiro atoms. The molecule has 0 aliphatic carbocycles. The fraction of sp³-hybridized carbons (Fsp3) is 0. The molecule has 2 aromatic carbocycles. The van der Waals surface area contributed by atoms with E-state index in [1.807, 2.05) is 0 Å². The number of halogens is 1. The van der Waals surface area contributed by atoms with Crippen LogP contribution in [0.4, 0.5) is 0 Å². The van der Waals surface area contributed by atoms with Crippen molar-refractivity contribution in [1.82, 2.24) is 0 Å². The fourth-order valence-corrected chi connectivity index (χ4v) is 2.17. The van der Waals surface area contributed by atoms with E-state index < -0.39 is 0 Å². The number of hydrogen-bond acceptors (Lipinski definition) is 3. The molecule has 4 heteroatoms. The van der Waals surface area contributed by atoms with Crippen LogP contribution in [-0.2, 0) is 0 Å². The Bertz CT molecular complexity index is 790. The minimum Gasteiger partial charge on any atom is -0.504 e. The van der Waals surface area contributed by atoms with Gasteiger partial charge in [0.25, 0.3) is 0 Å². The summed E-state index contributed by atoms with van der Waals surface area (Å²) in [5.41, 5.74) is 0.547. The highest BCUT2D eigenvalue weighted by molar-refractivity contribution is 9.10. The Kier molecular flexibility index (Phi) is 2.19. The summed E-state index contributed by atoms with van der Waals surface area (Å²) in [5.74, 6) is -0.0264. The lowest BCUT2D eigenvalue weighted by Gasteiger charge is -2.02. The number of rotatable bonds is 0. The van der Waals surface area contributed by atoms with Gasteiger partial charge in [0, 0.05) is 4.47 Å². The average molecular weight is 291 g/mol. The molecule has 0 saturated carbocycles. The summed E-state index contributed by atoms with van der Waals surface area (Å²) >= 11 is 3.32. The van der Waals surface area contributed by atoms with Crippen molar-refractivity contribution in [3.63, 3.8) is 0 Å². The minimum absolute atomic E-state index is 0.0264. The quantitative estimate of drug-likeness (QED) is 0.646. The monoisotopic (exact) mass is 290 g/mol. The van der Waals surface area contributed by atoms with E-state index in [1.165, 1.54) is 6.07 Å². The van der Waals surface area contributed by atoms with Crippen molar-refractivity contribution >= 4 is 37.9 Å². The summed E-state index contributed by atoms with van der Waals surface area (Å²) in [6.45, 7) is 0. The highest BCUT2D eigenvalue weighted by atomic mass is 79.9. The Morgan fingerprint density at radius 1 is 1.12 bits per heavy atom. The molecular formula is C13H7BrO3. The fourth-order valence-electron chi connectivity index (χ4n) is 1.83. The maximum Gasteiger partial charge on any atom is 0.200 e. The number of aromatic hydroxyl groups is 1. The molecule has 0 fully saturated rings. The molecule has 0 atom stereocenters. The molecule has 17 heavy (non-hydrogen) atoms. The summed E-state index contributed by atoms with van der Waals surface area (Å²) in [6.07, 6.45) is 0. The van der Waals surface area contributed by atoms with Crippen molar-refractivity contribution in [2.45, 2.75) is 0 Å². The van der Waals surface area contributed by atoms with Gasteiger partial charge < -0.3 is 9.52 Å². The van der Waals surface area contributed by atoms with E-state index in [0.29, 0.717) is 16.4 Å². The van der Waals surface area contributed by atoms with E-state index in [1.54, 1.807) is 30.3 Å². The molecule has 3 rings (SSSR count). The molecule has 0 unspecified atom stereocenters. The third-order valence-corrected chi connectivity index (χ3v) is 3.13. The molecule has 0 bridgehead atoms. The zero-order valence-corrected chi connectivity index (χ0v) is 10.2. The van der Waals surface area contributed by atoms with Crippen LogP contribution in [-0.4, -0.2) is 5.11 Å². The summed E-state index contributed by atoms with van der Waals surface area (Å²) in [5, 5.41) is 10.6. The van der Waals surface area contributed by atoms with Gasteiger partial charge in [0.15, 0.2) is 11.3 Å². The number of para-hydroxylation sites is 1. The molecule has 3 aromatic rings. The molecule has 0 amide bonds. The second-order valence-corrected chi connectivity index (χ2v) is 4.64. The van der Waals surface area contributed by atoms with Crippen molar-refractivity contribution in [2.24, 2.45) is 0 Å². The predicted octanol–water partition coefficient (Wildman–Crippen LogP) is 3.41. The maximum atomic E-state index is 12.2. The third kappa shape index (κ3) is 1.52. The van der Waals surface area contributed by atoms with Gasteiger partial charge in [-0.1, -0.05) is 22.0 Å². The number of phenolic OH excluding ortho intramolecular Hbond substituents is 1. The molecule has 1 heterocycles. The van der Waals surface area contributed by atoms with Crippen LogP contribution in [0.15, 0.2) is 50.1 Å². The van der Waals surface area contributed by atoms with Gasteiger partial charge in [-0.15, -0.1) is 0 Å². The van der Waals surface area contributed by atoms with E-state index >= 15 is 0 Å². The summed E-state index contributed by atoms with van der Waals surface area (Å²) in [4.78, 5) is 12.2. The molecular weight excluding hydrogens is 284 g/mol. The van der Waals surface area contributed by atoms with Crippen molar-refractivity contribution < 1.29 is 9.52 Å². The van der Waals surface area contributed by atoms with Crippen LogP contribution in [0.3, 0.4) is 0 Å². The van der Waals surface area contributed by atoms with Gasteiger partial charge in [-0.2, -0.15) is 0 Å². The Morgan fingerprint density at radius 2 is 1.94 bits per heavy atom. The second-order valence-electron chi connectivity index (χ2n) is 3.73. The Balaban J connectivity index is 2.62. The normalized spacial score (nSPS) is 11.1. The van der Waals surface area contributed by atoms with Crippen LogP contribution in [0.25, 0.3) is 21.9 Å². The van der Waals surface area contributed by atoms with Crippen molar-refractivity contribution in [3.8, 4) is 5.75 Å². The number of benzene rings is 2. The predicted molar refractivity (Wildman–Crippen MR) is 69.4 cm³/mol. The first-order chi connectivity index (χ1) is 8.16. The van der Waals surface area contributed by atoms with Crippen molar-refractivity contribution in [1.29, 1.82) is 0 Å². The smallest absolute Gasteiger partial charge is 0.200 e. The van der Waals surface area contributed by atoms with E-state index in [0.717, 1.165) is 4.47 Å². The van der Waals surface area contributed by atoms with Crippen LogP contribution >= 0.6 is 15.9 Å². The standard InChI is InChI=1S/C13H7BrO3/c14-7-4-5-8-11(6-7)17-13-9(12(8)16)2-1-3-10(13)15/h1-6,15H. The lowest BCUT2D eigenvalue weighted by molar-refractivity contribution is 0.467. The van der Waals surface area contributed by atoms with Gasteiger partial charge in [-0.25, -0.2) is 0 Å². The largest absolute Gasteiger partial charge is 0.504 e. The van der Waals surface area contributed by atoms with Crippen molar-refractivity contribution in [3.05, 3.63) is 51.1 Å². The molecule has 3 nitrogen and oxygen atoms in total. The third-order valence-electron chi connectivity index (χ3n) is 2.64. The number of phenols is 1. The van der Waals surface area contributed by atoms with Crippen molar-refractivity contribution in [2.75, 3.05) is 0 Å². The van der Waals surface area contributed by atoms with Crippen LogP contribution in [0, 0.1) is 0 Å². The second kappa shape index (κ2) is 3.60. The van der Waals surface area contributed by atoms with Crippen LogP contribution in [0.2, 0.25) is 0 Å². The highest BCUT2D eigenvalue weighted by Crippen LogP contribution is 2.27. The van der Waals surface area contributed by atoms with Crippen LogP contribution in [0.1, 0.15) is 0 Å². The van der Waals surface area contributed by atoms with Gasteiger partial charge >= 0.3 is 0 Å². The maximum absolute atomic E-state index is 12.2. The van der Waals surface area contributed by atoms with Gasteiger partial charge in [-0.05, 0) is 30.3 Å². The molecule has 84 valence electrons. The topological polar surface area (TPSA) is 50.4 Å². The molecule has 0 saturated heterocycles. The Hall–Kier alpha value is -1.81. The van der Waals surface area contributed by atoms with E-state index in [2.05, 4.69) is 15.9 Å². The first-order valence-electron chi connectivity index (χ1n) is 5.01. The van der Waals surface area contributed by atoms with Crippen LogP contribution < -0.4 is 5.43 Å². The van der Waals surface area contributed by atoms with Gasteiger partial charge in [0.05, 0.1) is 10.8 Å². The zero-order chi connectivity index (χ0) is 12.0. The minimum atomic E-state index is -0.135. The van der Waals surface area contributed by atoms with E-state index in [9.17, 15) is 9.90 Å². The van der Waals surface area contributed by atoms with Gasteiger partial charge in [0.1, 0.15) is 5.58 Å². The van der Waals surface area contributed by atoms with E-state index in [-0.39, 0.29) is 16.8 Å². The SMILES string of the molecule is O=c1c2ccc(Br)cc2oc2c(O)cccc12. The first-order valence-corrected chi connectivity index (χ1v) is 5.80. The van der Waals surface area contributed by atoms with Gasteiger partial charge in [-0.3, -0.25) is 4.79 Å². The number of hydrogen-bond donors (Lipinski definition) is 1. The van der Waals surface area contributed by atoms with Gasteiger partial charge in [0.2, 0.25) is 5.43 Å². The highest BCUT2D eigenvalue weighted by Gasteiger charge is 2.10. The van der Waals surface area contributed by atoms with Crippen LogP contribution in [0.5, 0.6) is 5.75 Å². The molecule has 0 radical (unpaired) electrons. The average Bonchev–Trinajstić information content (AvgIpc) is 2.30. The molecule has 1 aromatic heterocycles. The zero-order valence-electron chi connectivity index (χ0n) is 8.61. The Labute approximate surface area is 104 Å². The summed E-state index contributed by atoms with van der Waals surface area (Å²) in [7, 11) is 0. The lowest BCUT2D eigenvalue weighted by Crippen LogP contribution is -2.01. The summed E-state index contributed by atoms with van der Waals surface area (Å²) < 4.78 is 6.38. The molecule has 0 aliphatic heterocycles. The number of fused-ring (bicyclic) bond motifs is 2. The first kappa shape index (κ1) is 10.4. The summed E-state index contributed by atoms with van der Waals surface area (Å²) in [6, 6.07) is 9.96. The van der Waals surface area contributed by atoms with E-state index in [4.69, 9.17) is 4.42 Å². The molecule has 0 aliphatic rings. The lowest BCUT2D eigenvalue weighted by atomic mass is 10.1. The molecule has 1 N–H and O–H groups in total.